The van der Waals surface area contributed by atoms with Crippen molar-refractivity contribution in [2.45, 2.75) is 32.6 Å². The van der Waals surface area contributed by atoms with E-state index >= 15 is 0 Å². The zero-order valence-electron chi connectivity index (χ0n) is 17.3. The fourth-order valence-electron chi connectivity index (χ4n) is 3.72. The average Bonchev–Trinajstić information content (AvgIpc) is 3.48. The molecule has 7 nitrogen and oxygen atoms in total. The highest BCUT2D eigenvalue weighted by Crippen LogP contribution is 2.38. The van der Waals surface area contributed by atoms with Gasteiger partial charge in [0.1, 0.15) is 0 Å². The summed E-state index contributed by atoms with van der Waals surface area (Å²) in [6, 6.07) is 7.06. The molecule has 158 valence electrons. The lowest BCUT2D eigenvalue weighted by Crippen LogP contribution is -2.43. The first-order valence-corrected chi connectivity index (χ1v) is 10.5. The molecule has 1 aliphatic heterocycles. The lowest BCUT2D eigenvalue weighted by molar-refractivity contribution is -0.126. The largest absolute Gasteiger partial charge is 0.385 e. The molecule has 3 rings (SSSR count). The number of ether oxygens (including phenoxy) is 1. The number of methoxy groups -OCH3 is 1. The van der Waals surface area contributed by atoms with E-state index in [2.05, 4.69) is 17.6 Å². The molecule has 0 spiro atoms. The van der Waals surface area contributed by atoms with Crippen LogP contribution in [0.25, 0.3) is 0 Å². The molecular formula is C22H31N3O4. The fraction of sp³-hybridized carbons (Fsp3) is 0.591. The minimum atomic E-state index is -0.0380. The van der Waals surface area contributed by atoms with Gasteiger partial charge in [-0.3, -0.25) is 14.4 Å². The molecule has 2 unspecified atom stereocenters. The van der Waals surface area contributed by atoms with Crippen molar-refractivity contribution in [2.75, 3.05) is 38.7 Å². The van der Waals surface area contributed by atoms with E-state index in [1.54, 1.807) is 36.3 Å². The number of nitrogens with zero attached hydrogens (tertiary/aromatic N) is 1. The van der Waals surface area contributed by atoms with Crippen molar-refractivity contribution in [2.24, 2.45) is 17.8 Å². The van der Waals surface area contributed by atoms with Crippen LogP contribution in [-0.4, -0.2) is 56.0 Å². The first kappa shape index (κ1) is 21.3. The number of benzene rings is 1. The zero-order valence-corrected chi connectivity index (χ0v) is 17.3. The van der Waals surface area contributed by atoms with Crippen molar-refractivity contribution in [3.63, 3.8) is 0 Å². The molecule has 1 aliphatic carbocycles. The van der Waals surface area contributed by atoms with Gasteiger partial charge >= 0.3 is 0 Å². The van der Waals surface area contributed by atoms with E-state index in [-0.39, 0.29) is 29.6 Å². The molecule has 1 aromatic carbocycles. The number of hydrogen-bond donors (Lipinski definition) is 2. The van der Waals surface area contributed by atoms with Gasteiger partial charge in [-0.15, -0.1) is 0 Å². The lowest BCUT2D eigenvalue weighted by atomic mass is 9.95. The van der Waals surface area contributed by atoms with Crippen LogP contribution in [0.5, 0.6) is 0 Å². The number of anilines is 1. The van der Waals surface area contributed by atoms with Gasteiger partial charge < -0.3 is 20.3 Å². The predicted octanol–water partition coefficient (Wildman–Crippen LogP) is 2.29. The first-order valence-electron chi connectivity index (χ1n) is 10.5. The molecule has 7 heteroatoms. The monoisotopic (exact) mass is 401 g/mol. The van der Waals surface area contributed by atoms with Gasteiger partial charge in [0.15, 0.2) is 0 Å². The molecule has 0 aromatic heterocycles. The molecule has 1 heterocycles. The Hall–Kier alpha value is -2.41. The zero-order chi connectivity index (χ0) is 20.8. The highest BCUT2D eigenvalue weighted by atomic mass is 16.5. The molecule has 1 saturated heterocycles. The van der Waals surface area contributed by atoms with Crippen LogP contribution in [0.15, 0.2) is 24.3 Å². The highest BCUT2D eigenvalue weighted by Gasteiger charge is 2.39. The third-order valence-electron chi connectivity index (χ3n) is 5.82. The molecule has 2 atom stereocenters. The molecule has 2 N–H and O–H groups in total. The number of hydrogen-bond acceptors (Lipinski definition) is 4. The molecule has 1 saturated carbocycles. The average molecular weight is 402 g/mol. The van der Waals surface area contributed by atoms with E-state index < -0.39 is 0 Å². The first-order chi connectivity index (χ1) is 14.0. The fourth-order valence-corrected chi connectivity index (χ4v) is 3.72. The van der Waals surface area contributed by atoms with Gasteiger partial charge in [-0.2, -0.15) is 0 Å². The maximum absolute atomic E-state index is 12.7. The number of likely N-dealkylation sites (tertiary alicyclic amines) is 1. The normalized spacial score (nSPS) is 21.5. The topological polar surface area (TPSA) is 87.7 Å². The van der Waals surface area contributed by atoms with Crippen LogP contribution in [0.2, 0.25) is 0 Å². The van der Waals surface area contributed by atoms with Gasteiger partial charge in [-0.05, 0) is 55.9 Å². The van der Waals surface area contributed by atoms with Gasteiger partial charge in [-0.1, -0.05) is 6.92 Å². The van der Waals surface area contributed by atoms with Crippen molar-refractivity contribution >= 4 is 23.4 Å². The van der Waals surface area contributed by atoms with Gasteiger partial charge in [0.05, 0.1) is 0 Å². The molecule has 1 aromatic rings. The smallest absolute Gasteiger partial charge is 0.253 e. The van der Waals surface area contributed by atoms with Gasteiger partial charge in [-0.25, -0.2) is 0 Å². The Kier molecular flexibility index (Phi) is 7.25. The number of rotatable bonds is 8. The van der Waals surface area contributed by atoms with Crippen LogP contribution in [0.3, 0.4) is 0 Å². The number of carbonyl (C=O) groups is 3. The summed E-state index contributed by atoms with van der Waals surface area (Å²) < 4.78 is 4.98. The quantitative estimate of drug-likeness (QED) is 0.654. The van der Waals surface area contributed by atoms with E-state index in [0.717, 1.165) is 18.5 Å². The predicted molar refractivity (Wildman–Crippen MR) is 110 cm³/mol. The van der Waals surface area contributed by atoms with Gasteiger partial charge in [0, 0.05) is 56.4 Å². The molecule has 0 bridgehead atoms. The van der Waals surface area contributed by atoms with Crippen LogP contribution in [0.1, 0.15) is 43.0 Å². The van der Waals surface area contributed by atoms with Crippen molar-refractivity contribution in [3.8, 4) is 0 Å². The van der Waals surface area contributed by atoms with Gasteiger partial charge in [0.25, 0.3) is 5.91 Å². The SMILES string of the molecule is COCCCNC(=O)C1CCN(C(=O)c2ccc(NC(=O)C3CC3C)cc2)CC1. The van der Waals surface area contributed by atoms with Crippen molar-refractivity contribution < 1.29 is 19.1 Å². The standard InChI is InChI=1S/C22H31N3O4/c1-15-14-19(15)21(27)24-18-6-4-17(5-7-18)22(28)25-11-8-16(9-12-25)20(26)23-10-3-13-29-2/h4-7,15-16,19H,3,8-14H2,1-2H3,(H,23,26)(H,24,27). The third-order valence-corrected chi connectivity index (χ3v) is 5.82. The maximum atomic E-state index is 12.7. The van der Waals surface area contributed by atoms with E-state index in [0.29, 0.717) is 50.6 Å². The lowest BCUT2D eigenvalue weighted by Gasteiger charge is -2.31. The Bertz CT molecular complexity index is 726. The summed E-state index contributed by atoms with van der Waals surface area (Å²) in [5.74, 6) is 0.639. The van der Waals surface area contributed by atoms with Gasteiger partial charge in [0.2, 0.25) is 11.8 Å². The molecular weight excluding hydrogens is 370 g/mol. The summed E-state index contributed by atoms with van der Waals surface area (Å²) in [4.78, 5) is 38.8. The Labute approximate surface area is 172 Å². The molecule has 2 aliphatic rings. The number of piperidine rings is 1. The number of amides is 3. The maximum Gasteiger partial charge on any atom is 0.253 e. The van der Waals surface area contributed by atoms with E-state index in [9.17, 15) is 14.4 Å². The van der Waals surface area contributed by atoms with Crippen LogP contribution in [0, 0.1) is 17.8 Å². The summed E-state index contributed by atoms with van der Waals surface area (Å²) in [6.45, 7) is 4.48. The molecule has 3 amide bonds. The Morgan fingerprint density at radius 3 is 2.34 bits per heavy atom. The van der Waals surface area contributed by atoms with E-state index in [1.807, 2.05) is 0 Å². The second-order valence-corrected chi connectivity index (χ2v) is 8.09. The highest BCUT2D eigenvalue weighted by molar-refractivity contribution is 5.97. The van der Waals surface area contributed by atoms with Crippen molar-refractivity contribution in [3.05, 3.63) is 29.8 Å². The summed E-state index contributed by atoms with van der Waals surface area (Å²) in [5.41, 5.74) is 1.32. The Balaban J connectivity index is 1.44. The summed E-state index contributed by atoms with van der Waals surface area (Å²) in [5, 5.41) is 5.85. The van der Waals surface area contributed by atoms with Crippen molar-refractivity contribution in [1.29, 1.82) is 0 Å². The third kappa shape index (κ3) is 5.79. The van der Waals surface area contributed by atoms with Crippen LogP contribution >= 0.6 is 0 Å². The number of nitrogens with one attached hydrogen (secondary N) is 2. The van der Waals surface area contributed by atoms with E-state index in [1.165, 1.54) is 0 Å². The Morgan fingerprint density at radius 1 is 1.10 bits per heavy atom. The summed E-state index contributed by atoms with van der Waals surface area (Å²) in [6.07, 6.45) is 3.10. The number of carbonyl (C=O) groups excluding carboxylic acids is 3. The molecule has 0 radical (unpaired) electrons. The summed E-state index contributed by atoms with van der Waals surface area (Å²) >= 11 is 0. The van der Waals surface area contributed by atoms with Crippen LogP contribution < -0.4 is 10.6 Å². The molecule has 2 fully saturated rings. The minimum Gasteiger partial charge on any atom is -0.385 e. The second kappa shape index (κ2) is 9.87. The van der Waals surface area contributed by atoms with Crippen LogP contribution in [0.4, 0.5) is 5.69 Å². The van der Waals surface area contributed by atoms with E-state index in [4.69, 9.17) is 4.74 Å². The Morgan fingerprint density at radius 2 is 1.76 bits per heavy atom. The molecule has 29 heavy (non-hydrogen) atoms. The minimum absolute atomic E-state index is 0.0300. The van der Waals surface area contributed by atoms with Crippen molar-refractivity contribution in [1.82, 2.24) is 10.2 Å². The van der Waals surface area contributed by atoms with Crippen LogP contribution in [-0.2, 0) is 14.3 Å². The summed E-state index contributed by atoms with van der Waals surface area (Å²) in [7, 11) is 1.65. The second-order valence-electron chi connectivity index (χ2n) is 8.09.